The number of oxazole rings is 1. The molecule has 1 fully saturated rings. The number of piperidine rings is 1. The van der Waals surface area contributed by atoms with E-state index >= 15 is 0 Å². The molecule has 0 saturated carbocycles. The van der Waals surface area contributed by atoms with Gasteiger partial charge in [-0.25, -0.2) is 9.98 Å². The van der Waals surface area contributed by atoms with Crippen molar-refractivity contribution >= 4 is 29.9 Å². The number of likely N-dealkylation sites (tertiary alicyclic amines) is 1. The van der Waals surface area contributed by atoms with Crippen LogP contribution in [0, 0.1) is 13.8 Å². The Labute approximate surface area is 162 Å². The smallest absolute Gasteiger partial charge is 0.216 e. The van der Waals surface area contributed by atoms with Crippen LogP contribution in [0.1, 0.15) is 50.5 Å². The van der Waals surface area contributed by atoms with Gasteiger partial charge in [-0.3, -0.25) is 4.90 Å². The summed E-state index contributed by atoms with van der Waals surface area (Å²) in [6.07, 6.45) is 4.00. The first-order chi connectivity index (χ1) is 11.1. The molecule has 7 heteroatoms. The summed E-state index contributed by atoms with van der Waals surface area (Å²) in [5.74, 6) is 2.36. The number of nitrogens with zero attached hydrogens (tertiary/aromatic N) is 3. The average molecular weight is 449 g/mol. The Morgan fingerprint density at radius 3 is 2.75 bits per heavy atom. The summed E-state index contributed by atoms with van der Waals surface area (Å²) in [5.41, 5.74) is 0.937. The molecule has 1 saturated heterocycles. The minimum absolute atomic E-state index is 0. The first-order valence-electron chi connectivity index (χ1n) is 8.79. The zero-order valence-electron chi connectivity index (χ0n) is 15.4. The summed E-state index contributed by atoms with van der Waals surface area (Å²) in [5, 5.41) is 6.68. The van der Waals surface area contributed by atoms with E-state index in [1.165, 1.54) is 25.8 Å². The molecule has 1 atom stereocenters. The van der Waals surface area contributed by atoms with Crippen LogP contribution >= 0.6 is 24.0 Å². The number of hydrogen-bond acceptors (Lipinski definition) is 4. The largest absolute Gasteiger partial charge is 0.444 e. The second-order valence-corrected chi connectivity index (χ2v) is 6.25. The van der Waals surface area contributed by atoms with Gasteiger partial charge in [0.15, 0.2) is 5.96 Å². The van der Waals surface area contributed by atoms with Crippen molar-refractivity contribution in [1.82, 2.24) is 20.5 Å². The molecule has 0 spiro atoms. The summed E-state index contributed by atoms with van der Waals surface area (Å²) in [6.45, 7) is 12.8. The highest BCUT2D eigenvalue weighted by Gasteiger charge is 2.17. The number of rotatable bonds is 6. The highest BCUT2D eigenvalue weighted by molar-refractivity contribution is 14.0. The van der Waals surface area contributed by atoms with Gasteiger partial charge in [0, 0.05) is 25.7 Å². The number of nitrogens with one attached hydrogen (secondary N) is 2. The Morgan fingerprint density at radius 1 is 1.33 bits per heavy atom. The van der Waals surface area contributed by atoms with Crippen LogP contribution in [-0.4, -0.2) is 48.1 Å². The zero-order chi connectivity index (χ0) is 16.7. The van der Waals surface area contributed by atoms with E-state index in [0.717, 1.165) is 37.0 Å². The van der Waals surface area contributed by atoms with E-state index in [-0.39, 0.29) is 24.0 Å². The first-order valence-corrected chi connectivity index (χ1v) is 8.79. The van der Waals surface area contributed by atoms with Crippen molar-refractivity contribution < 1.29 is 4.42 Å². The van der Waals surface area contributed by atoms with Crippen molar-refractivity contribution in [3.63, 3.8) is 0 Å². The molecule has 1 aromatic heterocycles. The quantitative estimate of drug-likeness (QED) is 0.397. The summed E-state index contributed by atoms with van der Waals surface area (Å²) < 4.78 is 5.57. The van der Waals surface area contributed by atoms with Crippen LogP contribution in [0.4, 0.5) is 0 Å². The molecule has 1 aliphatic heterocycles. The van der Waals surface area contributed by atoms with Gasteiger partial charge in [0.05, 0.1) is 5.69 Å². The molecule has 2 heterocycles. The maximum absolute atomic E-state index is 5.57. The van der Waals surface area contributed by atoms with E-state index in [9.17, 15) is 0 Å². The van der Waals surface area contributed by atoms with Crippen LogP contribution in [0.5, 0.6) is 0 Å². The minimum atomic E-state index is 0. The fourth-order valence-electron chi connectivity index (χ4n) is 2.90. The molecule has 0 aromatic carbocycles. The lowest BCUT2D eigenvalue weighted by Gasteiger charge is -2.33. The second-order valence-electron chi connectivity index (χ2n) is 6.25. The molecule has 1 unspecified atom stereocenters. The van der Waals surface area contributed by atoms with E-state index < -0.39 is 0 Å². The van der Waals surface area contributed by atoms with Crippen LogP contribution in [0.3, 0.4) is 0 Å². The van der Waals surface area contributed by atoms with Gasteiger partial charge in [0.1, 0.15) is 12.3 Å². The van der Waals surface area contributed by atoms with Crippen molar-refractivity contribution in [2.45, 2.75) is 59.5 Å². The molecule has 24 heavy (non-hydrogen) atoms. The Kier molecular flexibility index (Phi) is 9.65. The molecule has 0 aliphatic carbocycles. The lowest BCUT2D eigenvalue weighted by Crippen LogP contribution is -2.45. The fourth-order valence-corrected chi connectivity index (χ4v) is 2.90. The molecule has 0 amide bonds. The van der Waals surface area contributed by atoms with E-state index in [0.29, 0.717) is 18.5 Å². The fraction of sp³-hybridized carbons (Fsp3) is 0.765. The van der Waals surface area contributed by atoms with E-state index in [1.54, 1.807) is 0 Å². The molecule has 6 nitrogen and oxygen atoms in total. The normalized spacial score (nSPS) is 19.0. The Balaban J connectivity index is 0.00000288. The summed E-state index contributed by atoms with van der Waals surface area (Å²) in [6, 6.07) is 0.698. The zero-order valence-corrected chi connectivity index (χ0v) is 17.7. The number of aryl methyl sites for hydroxylation is 2. The monoisotopic (exact) mass is 449 g/mol. The van der Waals surface area contributed by atoms with Crippen LogP contribution in [0.15, 0.2) is 9.41 Å². The van der Waals surface area contributed by atoms with Crippen LogP contribution < -0.4 is 10.6 Å². The number of guanidine groups is 1. The summed E-state index contributed by atoms with van der Waals surface area (Å²) >= 11 is 0. The summed E-state index contributed by atoms with van der Waals surface area (Å²) in [4.78, 5) is 11.5. The Hall–Kier alpha value is -0.830. The Morgan fingerprint density at radius 2 is 2.12 bits per heavy atom. The van der Waals surface area contributed by atoms with Gasteiger partial charge in [-0.2, -0.15) is 0 Å². The third kappa shape index (κ3) is 6.58. The van der Waals surface area contributed by atoms with Crippen molar-refractivity contribution in [3.8, 4) is 0 Å². The number of halogens is 1. The third-order valence-electron chi connectivity index (χ3n) is 4.42. The number of aromatic nitrogens is 1. The SMILES string of the molecule is CCNC(=NCc1nc(C)c(C)o1)NCCN1CCCCC1C.I. The van der Waals surface area contributed by atoms with Gasteiger partial charge >= 0.3 is 0 Å². The molecule has 138 valence electrons. The average Bonchev–Trinajstić information content (AvgIpc) is 2.85. The number of hydrogen-bond donors (Lipinski definition) is 2. The van der Waals surface area contributed by atoms with Crippen LogP contribution in [0.25, 0.3) is 0 Å². The number of aliphatic imine (C=N–C) groups is 1. The minimum Gasteiger partial charge on any atom is -0.444 e. The molecule has 1 aromatic rings. The molecule has 2 rings (SSSR count). The second kappa shape index (κ2) is 10.9. The highest BCUT2D eigenvalue weighted by atomic mass is 127. The standard InChI is InChI=1S/C17H31N5O.HI/c1-5-18-17(20-12-16-21-14(3)15(4)23-16)19-9-11-22-10-7-6-8-13(22)2;/h13H,5-12H2,1-4H3,(H2,18,19,20);1H. The maximum Gasteiger partial charge on any atom is 0.216 e. The van der Waals surface area contributed by atoms with Gasteiger partial charge in [-0.05, 0) is 47.1 Å². The predicted octanol–water partition coefficient (Wildman–Crippen LogP) is 2.84. The summed E-state index contributed by atoms with van der Waals surface area (Å²) in [7, 11) is 0. The van der Waals surface area contributed by atoms with Crippen molar-refractivity contribution in [2.24, 2.45) is 4.99 Å². The molecule has 1 aliphatic rings. The van der Waals surface area contributed by atoms with E-state index in [4.69, 9.17) is 4.42 Å². The van der Waals surface area contributed by atoms with Crippen molar-refractivity contribution in [3.05, 3.63) is 17.3 Å². The predicted molar refractivity (Wildman–Crippen MR) is 109 cm³/mol. The van der Waals surface area contributed by atoms with Gasteiger partial charge < -0.3 is 15.1 Å². The highest BCUT2D eigenvalue weighted by Crippen LogP contribution is 2.15. The van der Waals surface area contributed by atoms with E-state index in [1.807, 2.05) is 13.8 Å². The van der Waals surface area contributed by atoms with Gasteiger partial charge in [-0.1, -0.05) is 6.42 Å². The molecule has 2 N–H and O–H groups in total. The Bertz CT molecular complexity index is 498. The van der Waals surface area contributed by atoms with Crippen molar-refractivity contribution in [1.29, 1.82) is 0 Å². The topological polar surface area (TPSA) is 65.7 Å². The van der Waals surface area contributed by atoms with Gasteiger partial charge in [0.2, 0.25) is 5.89 Å². The van der Waals surface area contributed by atoms with E-state index in [2.05, 4.69) is 39.4 Å². The van der Waals surface area contributed by atoms with Crippen molar-refractivity contribution in [2.75, 3.05) is 26.2 Å². The lowest BCUT2D eigenvalue weighted by molar-refractivity contribution is 0.163. The van der Waals surface area contributed by atoms with Crippen LogP contribution in [0.2, 0.25) is 0 Å². The maximum atomic E-state index is 5.57. The first kappa shape index (κ1) is 21.2. The molecule has 0 bridgehead atoms. The molecule has 0 radical (unpaired) electrons. The van der Waals surface area contributed by atoms with Crippen LogP contribution in [-0.2, 0) is 6.54 Å². The molecular formula is C17H32IN5O. The van der Waals surface area contributed by atoms with Gasteiger partial charge in [0.25, 0.3) is 0 Å². The van der Waals surface area contributed by atoms with Gasteiger partial charge in [-0.15, -0.1) is 24.0 Å². The molecular weight excluding hydrogens is 417 g/mol. The lowest BCUT2D eigenvalue weighted by atomic mass is 10.0. The third-order valence-corrected chi connectivity index (χ3v) is 4.42.